The molecule has 0 aromatic heterocycles. The van der Waals surface area contributed by atoms with Crippen molar-refractivity contribution in [2.75, 3.05) is 6.54 Å². The maximum atomic E-state index is 9.65. The van der Waals surface area contributed by atoms with Crippen molar-refractivity contribution >= 4 is 23.5 Å². The molecule has 2 aromatic carbocycles. The Kier molecular flexibility index (Phi) is 8.32. The highest BCUT2D eigenvalue weighted by molar-refractivity contribution is 6.30. The van der Waals surface area contributed by atoms with Gasteiger partial charge in [-0.25, -0.2) is 9.59 Å². The summed E-state index contributed by atoms with van der Waals surface area (Å²) in [5.74, 6) is -3.36. The SMILES string of the molecule is O=C(O)C(=O)O.Oc1ccc(Cl)cc1CNCCc1ccccc1. The van der Waals surface area contributed by atoms with Crippen molar-refractivity contribution in [3.8, 4) is 5.75 Å². The Morgan fingerprint density at radius 2 is 1.62 bits per heavy atom. The fraction of sp³-hybridized carbons (Fsp3) is 0.176. The number of hydrogen-bond acceptors (Lipinski definition) is 4. The van der Waals surface area contributed by atoms with Gasteiger partial charge in [-0.2, -0.15) is 0 Å². The van der Waals surface area contributed by atoms with Crippen molar-refractivity contribution in [1.82, 2.24) is 5.32 Å². The van der Waals surface area contributed by atoms with Crippen molar-refractivity contribution in [2.45, 2.75) is 13.0 Å². The van der Waals surface area contributed by atoms with Gasteiger partial charge in [0.1, 0.15) is 5.75 Å². The number of rotatable bonds is 5. The second-order valence-electron chi connectivity index (χ2n) is 4.80. The van der Waals surface area contributed by atoms with Crippen LogP contribution in [0.1, 0.15) is 11.1 Å². The normalized spacial score (nSPS) is 9.71. The monoisotopic (exact) mass is 351 g/mol. The van der Waals surface area contributed by atoms with Gasteiger partial charge in [0.15, 0.2) is 0 Å². The molecular formula is C17H18ClNO5. The molecule has 0 heterocycles. The molecule has 0 saturated carbocycles. The molecule has 0 unspecified atom stereocenters. The first-order valence-corrected chi connectivity index (χ1v) is 7.46. The van der Waals surface area contributed by atoms with Crippen LogP contribution in [0, 0.1) is 0 Å². The summed E-state index contributed by atoms with van der Waals surface area (Å²) in [5, 5.41) is 28.4. The van der Waals surface area contributed by atoms with Crippen LogP contribution < -0.4 is 5.32 Å². The molecule has 0 fully saturated rings. The van der Waals surface area contributed by atoms with E-state index in [4.69, 9.17) is 31.4 Å². The molecule has 0 atom stereocenters. The Hall–Kier alpha value is -2.57. The van der Waals surface area contributed by atoms with Crippen molar-refractivity contribution in [3.05, 3.63) is 64.7 Å². The lowest BCUT2D eigenvalue weighted by Crippen LogP contribution is -2.16. The molecule has 0 spiro atoms. The van der Waals surface area contributed by atoms with Crippen molar-refractivity contribution in [3.63, 3.8) is 0 Å². The first-order valence-electron chi connectivity index (χ1n) is 7.08. The van der Waals surface area contributed by atoms with Crippen LogP contribution in [-0.2, 0) is 22.6 Å². The molecule has 2 aromatic rings. The van der Waals surface area contributed by atoms with Gasteiger partial charge < -0.3 is 20.6 Å². The van der Waals surface area contributed by atoms with Crippen LogP contribution >= 0.6 is 11.6 Å². The van der Waals surface area contributed by atoms with E-state index in [0.717, 1.165) is 18.5 Å². The van der Waals surface area contributed by atoms with Gasteiger partial charge in [0.25, 0.3) is 0 Å². The van der Waals surface area contributed by atoms with E-state index < -0.39 is 11.9 Å². The molecule has 6 nitrogen and oxygen atoms in total. The van der Waals surface area contributed by atoms with Crippen LogP contribution in [0.4, 0.5) is 0 Å². The van der Waals surface area contributed by atoms with E-state index in [1.165, 1.54) is 5.56 Å². The molecule has 4 N–H and O–H groups in total. The molecular weight excluding hydrogens is 334 g/mol. The highest BCUT2D eigenvalue weighted by Gasteiger charge is 2.04. The van der Waals surface area contributed by atoms with E-state index in [1.807, 2.05) is 18.2 Å². The van der Waals surface area contributed by atoms with E-state index in [9.17, 15) is 5.11 Å². The number of phenols is 1. The number of hydrogen-bond donors (Lipinski definition) is 4. The van der Waals surface area contributed by atoms with Crippen LogP contribution in [0.2, 0.25) is 5.02 Å². The largest absolute Gasteiger partial charge is 0.508 e. The Bertz CT molecular complexity index is 664. The summed E-state index contributed by atoms with van der Waals surface area (Å²) >= 11 is 5.89. The average molecular weight is 352 g/mol. The number of nitrogens with one attached hydrogen (secondary N) is 1. The lowest BCUT2D eigenvalue weighted by Gasteiger charge is -2.07. The Balaban J connectivity index is 0.000000413. The number of aromatic hydroxyl groups is 1. The summed E-state index contributed by atoms with van der Waals surface area (Å²) in [6.07, 6.45) is 0.974. The molecule has 0 amide bonds. The molecule has 0 aliphatic carbocycles. The quantitative estimate of drug-likeness (QED) is 0.487. The second kappa shape index (κ2) is 10.3. The minimum absolute atomic E-state index is 0.284. The molecule has 24 heavy (non-hydrogen) atoms. The van der Waals surface area contributed by atoms with E-state index >= 15 is 0 Å². The summed E-state index contributed by atoms with van der Waals surface area (Å²) in [6.45, 7) is 1.50. The first kappa shape index (κ1) is 19.5. The molecule has 0 saturated heterocycles. The van der Waals surface area contributed by atoms with Gasteiger partial charge in [0.2, 0.25) is 0 Å². The zero-order valence-electron chi connectivity index (χ0n) is 12.8. The van der Waals surface area contributed by atoms with Crippen LogP contribution in [0.3, 0.4) is 0 Å². The first-order chi connectivity index (χ1) is 11.4. The fourth-order valence-electron chi connectivity index (χ4n) is 1.80. The van der Waals surface area contributed by atoms with Crippen molar-refractivity contribution in [2.24, 2.45) is 0 Å². The smallest absolute Gasteiger partial charge is 0.414 e. The number of halogens is 1. The minimum Gasteiger partial charge on any atom is -0.508 e. The maximum Gasteiger partial charge on any atom is 0.414 e. The van der Waals surface area contributed by atoms with Crippen LogP contribution in [0.25, 0.3) is 0 Å². The third-order valence-corrected chi connectivity index (χ3v) is 3.21. The minimum atomic E-state index is -1.82. The zero-order chi connectivity index (χ0) is 17.9. The molecule has 0 radical (unpaired) electrons. The van der Waals surface area contributed by atoms with Gasteiger partial charge in [-0.3, -0.25) is 0 Å². The molecule has 0 bridgehead atoms. The lowest BCUT2D eigenvalue weighted by atomic mass is 10.1. The highest BCUT2D eigenvalue weighted by Crippen LogP contribution is 2.20. The predicted octanol–water partition coefficient (Wildman–Crippen LogP) is 2.53. The Morgan fingerprint density at radius 1 is 1.00 bits per heavy atom. The molecule has 0 aliphatic rings. The van der Waals surface area contributed by atoms with Crippen LogP contribution in [0.5, 0.6) is 5.75 Å². The highest BCUT2D eigenvalue weighted by atomic mass is 35.5. The number of aliphatic carboxylic acids is 2. The topological polar surface area (TPSA) is 107 Å². The van der Waals surface area contributed by atoms with Gasteiger partial charge in [-0.05, 0) is 36.7 Å². The summed E-state index contributed by atoms with van der Waals surface area (Å²) in [4.78, 5) is 18.2. The predicted molar refractivity (Wildman–Crippen MR) is 90.2 cm³/mol. The molecule has 2 rings (SSSR count). The number of carboxylic acid groups (broad SMARTS) is 2. The summed E-state index contributed by atoms with van der Waals surface area (Å²) in [5.41, 5.74) is 2.14. The standard InChI is InChI=1S/C15H16ClNO.C2H2O4/c16-14-6-7-15(18)13(10-14)11-17-9-8-12-4-2-1-3-5-12;3-1(4)2(5)6/h1-7,10,17-18H,8-9,11H2;(H,3,4)(H,5,6). The number of carboxylic acids is 2. The molecule has 7 heteroatoms. The Morgan fingerprint density at radius 3 is 2.21 bits per heavy atom. The number of benzene rings is 2. The zero-order valence-corrected chi connectivity index (χ0v) is 13.5. The van der Waals surface area contributed by atoms with Gasteiger partial charge >= 0.3 is 11.9 Å². The van der Waals surface area contributed by atoms with Gasteiger partial charge in [-0.1, -0.05) is 41.9 Å². The van der Waals surface area contributed by atoms with E-state index in [2.05, 4.69) is 17.4 Å². The third-order valence-electron chi connectivity index (χ3n) is 2.97. The maximum absolute atomic E-state index is 9.65. The van der Waals surface area contributed by atoms with Gasteiger partial charge in [-0.15, -0.1) is 0 Å². The van der Waals surface area contributed by atoms with Crippen LogP contribution in [-0.4, -0.2) is 33.8 Å². The van der Waals surface area contributed by atoms with Crippen molar-refractivity contribution in [1.29, 1.82) is 0 Å². The molecule has 0 aliphatic heterocycles. The van der Waals surface area contributed by atoms with Crippen LogP contribution in [0.15, 0.2) is 48.5 Å². The van der Waals surface area contributed by atoms with E-state index in [-0.39, 0.29) is 5.75 Å². The molecule has 128 valence electrons. The van der Waals surface area contributed by atoms with E-state index in [0.29, 0.717) is 11.6 Å². The second-order valence-corrected chi connectivity index (χ2v) is 5.23. The third kappa shape index (κ3) is 7.62. The number of carbonyl (C=O) groups is 2. The van der Waals surface area contributed by atoms with E-state index in [1.54, 1.807) is 18.2 Å². The number of phenolic OH excluding ortho intramolecular Hbond substituents is 1. The lowest BCUT2D eigenvalue weighted by molar-refractivity contribution is -0.159. The van der Waals surface area contributed by atoms with Crippen molar-refractivity contribution < 1.29 is 24.9 Å². The van der Waals surface area contributed by atoms with Gasteiger partial charge in [0, 0.05) is 17.1 Å². The fourth-order valence-corrected chi connectivity index (χ4v) is 1.99. The van der Waals surface area contributed by atoms with Gasteiger partial charge in [0.05, 0.1) is 0 Å². The Labute approximate surface area is 144 Å². The average Bonchev–Trinajstić information content (AvgIpc) is 2.56. The summed E-state index contributed by atoms with van der Waals surface area (Å²) < 4.78 is 0. The summed E-state index contributed by atoms with van der Waals surface area (Å²) in [7, 11) is 0. The summed E-state index contributed by atoms with van der Waals surface area (Å²) in [6, 6.07) is 15.4.